The van der Waals surface area contributed by atoms with Crippen molar-refractivity contribution in [3.63, 3.8) is 0 Å². The van der Waals surface area contributed by atoms with E-state index in [1.807, 2.05) is 0 Å². The first-order valence-corrected chi connectivity index (χ1v) is 11.3. The van der Waals surface area contributed by atoms with Crippen LogP contribution in [0, 0.1) is 0 Å². The summed E-state index contributed by atoms with van der Waals surface area (Å²) in [5.41, 5.74) is -0.718. The summed E-state index contributed by atoms with van der Waals surface area (Å²) in [5, 5.41) is 18.2. The third-order valence-corrected chi connectivity index (χ3v) is 5.75. The molecule has 0 amide bonds. The largest absolute Gasteiger partial charge is 0.416 e. The van der Waals surface area contributed by atoms with E-state index in [-0.39, 0.29) is 27.9 Å². The van der Waals surface area contributed by atoms with Crippen LogP contribution in [0.25, 0.3) is 17.1 Å². The molecular weight excluding hydrogens is 546 g/mol. The number of nitrogens with zero attached hydrogens (tertiary/aromatic N) is 6. The molecule has 196 valence electrons. The van der Waals surface area contributed by atoms with Crippen LogP contribution in [0.15, 0.2) is 53.3 Å². The highest BCUT2D eigenvalue weighted by Gasteiger charge is 2.39. The number of hydrogen-bond donors (Lipinski definition) is 1. The van der Waals surface area contributed by atoms with Gasteiger partial charge in [0.15, 0.2) is 17.8 Å². The van der Waals surface area contributed by atoms with Gasteiger partial charge in [0.25, 0.3) is 0 Å². The lowest BCUT2D eigenvalue weighted by atomic mass is 10.2. The van der Waals surface area contributed by atoms with E-state index in [9.17, 15) is 31.9 Å². The molecule has 1 unspecified atom stereocenters. The van der Waals surface area contributed by atoms with E-state index in [1.165, 1.54) is 36.4 Å². The van der Waals surface area contributed by atoms with E-state index in [4.69, 9.17) is 23.2 Å². The summed E-state index contributed by atoms with van der Waals surface area (Å²) in [6, 6.07) is 11.8. The first kappa shape index (κ1) is 26.8. The van der Waals surface area contributed by atoms with Crippen molar-refractivity contribution >= 4 is 23.2 Å². The first-order chi connectivity index (χ1) is 17.3. The highest BCUT2D eigenvalue weighted by atomic mass is 35.5. The molecule has 2 aromatic heterocycles. The molecule has 0 bridgehead atoms. The molecule has 0 saturated heterocycles. The van der Waals surface area contributed by atoms with Gasteiger partial charge >= 0.3 is 17.8 Å². The molecule has 0 saturated carbocycles. The van der Waals surface area contributed by atoms with Crippen LogP contribution in [0.4, 0.5) is 22.0 Å². The maximum absolute atomic E-state index is 14.3. The van der Waals surface area contributed by atoms with E-state index in [1.54, 1.807) is 12.1 Å². The fourth-order valence-electron chi connectivity index (χ4n) is 3.43. The average molecular weight is 563 g/mol. The van der Waals surface area contributed by atoms with Gasteiger partial charge < -0.3 is 5.11 Å². The lowest BCUT2D eigenvalue weighted by molar-refractivity contribution is -0.207. The molecule has 1 N–H and O–H groups in total. The Morgan fingerprint density at radius 1 is 1.00 bits per heavy atom. The molecule has 4 rings (SSSR count). The molecule has 0 aliphatic rings. The van der Waals surface area contributed by atoms with Crippen molar-refractivity contribution in [2.24, 2.45) is 0 Å². The Hall–Kier alpha value is -3.29. The molecule has 0 aliphatic heterocycles. The third-order valence-electron chi connectivity index (χ3n) is 5.17. The number of aliphatic hydroxyl groups excluding tert-OH is 1. The minimum Gasteiger partial charge on any atom is -0.382 e. The number of para-hydroxylation sites is 1. The topological polar surface area (TPSA) is 90.8 Å². The Morgan fingerprint density at radius 2 is 1.65 bits per heavy atom. The normalized spacial score (nSPS) is 13.2. The number of rotatable bonds is 7. The number of aliphatic hydroxyl groups is 1. The molecule has 0 spiro atoms. The smallest absolute Gasteiger partial charge is 0.382 e. The molecule has 0 fully saturated rings. The second kappa shape index (κ2) is 9.88. The zero-order valence-corrected chi connectivity index (χ0v) is 20.3. The minimum absolute atomic E-state index is 0.104. The fraction of sp³-hybridized carbons (Fsp3) is 0.273. The maximum Gasteiger partial charge on any atom is 0.416 e. The van der Waals surface area contributed by atoms with E-state index in [2.05, 4.69) is 15.2 Å². The van der Waals surface area contributed by atoms with Crippen molar-refractivity contribution in [1.29, 1.82) is 0 Å². The van der Waals surface area contributed by atoms with Gasteiger partial charge in [-0.25, -0.2) is 19.1 Å². The van der Waals surface area contributed by atoms with Crippen LogP contribution in [0.5, 0.6) is 0 Å². The van der Waals surface area contributed by atoms with E-state index in [0.29, 0.717) is 16.5 Å². The first-order valence-electron chi connectivity index (χ1n) is 10.5. The van der Waals surface area contributed by atoms with Crippen molar-refractivity contribution in [3.8, 4) is 17.1 Å². The van der Waals surface area contributed by atoms with Gasteiger partial charge in [0.05, 0.1) is 17.3 Å². The van der Waals surface area contributed by atoms with Gasteiger partial charge in [-0.2, -0.15) is 22.0 Å². The molecule has 0 radical (unpaired) electrons. The number of hydrogen-bond acceptors (Lipinski definition) is 5. The van der Waals surface area contributed by atoms with Crippen molar-refractivity contribution < 1.29 is 27.1 Å². The fourth-order valence-corrected chi connectivity index (χ4v) is 3.77. The SMILES string of the molecule is CC(F)(F)c1nc(Cn2nc(-c3ccc(Cl)cc3)n(CC(O)C(F)(F)F)c2=O)nn1-c1ccccc1Cl. The monoisotopic (exact) mass is 562 g/mol. The van der Waals surface area contributed by atoms with Crippen LogP contribution in [-0.4, -0.2) is 46.5 Å². The van der Waals surface area contributed by atoms with Crippen LogP contribution in [0.2, 0.25) is 10.0 Å². The standard InChI is InChI=1S/C22H17Cl2F5N6O2/c1-21(25,26)19-30-17(31-35(19)15-5-3-2-4-14(15)24)11-34-20(37)33(10-16(36)22(27,28)29)18(32-34)12-6-8-13(23)9-7-12/h2-9,16,36H,10-11H2,1H3. The average Bonchev–Trinajstić information content (AvgIpc) is 3.36. The highest BCUT2D eigenvalue weighted by molar-refractivity contribution is 6.32. The van der Waals surface area contributed by atoms with Gasteiger partial charge in [0.2, 0.25) is 5.82 Å². The lowest BCUT2D eigenvalue weighted by Crippen LogP contribution is -2.37. The van der Waals surface area contributed by atoms with Gasteiger partial charge in [0.1, 0.15) is 6.54 Å². The molecule has 4 aromatic rings. The van der Waals surface area contributed by atoms with Crippen LogP contribution in [-0.2, 0) is 19.0 Å². The molecule has 37 heavy (non-hydrogen) atoms. The lowest BCUT2D eigenvalue weighted by Gasteiger charge is -2.15. The number of aromatic nitrogens is 6. The van der Waals surface area contributed by atoms with Crippen LogP contribution < -0.4 is 5.69 Å². The van der Waals surface area contributed by atoms with E-state index >= 15 is 0 Å². The molecule has 15 heteroatoms. The second-order valence-electron chi connectivity index (χ2n) is 8.04. The van der Waals surface area contributed by atoms with Crippen molar-refractivity contribution in [1.82, 2.24) is 29.1 Å². The Bertz CT molecular complexity index is 1470. The summed E-state index contributed by atoms with van der Waals surface area (Å²) in [6.45, 7) is -1.11. The van der Waals surface area contributed by atoms with Crippen LogP contribution in [0.3, 0.4) is 0 Å². The summed E-state index contributed by atoms with van der Waals surface area (Å²) in [7, 11) is 0. The predicted molar refractivity (Wildman–Crippen MR) is 124 cm³/mol. The summed E-state index contributed by atoms with van der Waals surface area (Å²) in [5.74, 6) is -4.72. The summed E-state index contributed by atoms with van der Waals surface area (Å²) in [6.07, 6.45) is -7.87. The van der Waals surface area contributed by atoms with Crippen LogP contribution in [0.1, 0.15) is 18.6 Å². The van der Waals surface area contributed by atoms with Crippen molar-refractivity contribution in [3.05, 3.63) is 80.7 Å². The van der Waals surface area contributed by atoms with Crippen molar-refractivity contribution in [2.75, 3.05) is 0 Å². The summed E-state index contributed by atoms with van der Waals surface area (Å²) >= 11 is 12.0. The Kier molecular flexibility index (Phi) is 7.14. The van der Waals surface area contributed by atoms with Crippen molar-refractivity contribution in [2.45, 2.75) is 38.2 Å². The Morgan fingerprint density at radius 3 is 2.24 bits per heavy atom. The zero-order chi connectivity index (χ0) is 27.1. The quantitative estimate of drug-likeness (QED) is 0.330. The van der Waals surface area contributed by atoms with Gasteiger partial charge in [-0.1, -0.05) is 35.3 Å². The van der Waals surface area contributed by atoms with Crippen LogP contribution >= 0.6 is 23.2 Å². The van der Waals surface area contributed by atoms with E-state index < -0.39 is 42.8 Å². The second-order valence-corrected chi connectivity index (χ2v) is 8.89. The minimum atomic E-state index is -5.00. The van der Waals surface area contributed by atoms with E-state index in [0.717, 1.165) is 9.36 Å². The molecule has 2 heterocycles. The Balaban J connectivity index is 1.80. The zero-order valence-electron chi connectivity index (χ0n) is 18.8. The van der Waals surface area contributed by atoms with Gasteiger partial charge in [-0.15, -0.1) is 10.2 Å². The van der Waals surface area contributed by atoms with Gasteiger partial charge in [-0.3, -0.25) is 4.57 Å². The summed E-state index contributed by atoms with van der Waals surface area (Å²) in [4.78, 5) is 16.9. The Labute approximate surface area is 215 Å². The predicted octanol–water partition coefficient (Wildman–Crippen LogP) is 4.68. The highest BCUT2D eigenvalue weighted by Crippen LogP contribution is 2.30. The number of halogens is 7. The third kappa shape index (κ3) is 5.68. The molecule has 8 nitrogen and oxygen atoms in total. The molecular formula is C22H17Cl2F5N6O2. The molecule has 0 aliphatic carbocycles. The summed E-state index contributed by atoms with van der Waals surface area (Å²) < 4.78 is 70.0. The molecule has 2 aromatic carbocycles. The molecule has 1 atom stereocenters. The number of benzene rings is 2. The maximum atomic E-state index is 14.3. The van der Waals surface area contributed by atoms with Gasteiger partial charge in [-0.05, 0) is 36.4 Å². The van der Waals surface area contributed by atoms with Gasteiger partial charge in [0, 0.05) is 17.5 Å². The number of alkyl halides is 5.